The topological polar surface area (TPSA) is 56.8 Å². The molecule has 2 aromatic rings. The summed E-state index contributed by atoms with van der Waals surface area (Å²) < 4.78 is 17.0. The molecule has 1 amide bonds. The lowest BCUT2D eigenvalue weighted by Crippen LogP contribution is -2.13. The Bertz CT molecular complexity index is 721. The molecule has 5 nitrogen and oxygen atoms in total. The fourth-order valence-electron chi connectivity index (χ4n) is 2.42. The second-order valence-corrected chi connectivity index (χ2v) is 6.17. The summed E-state index contributed by atoms with van der Waals surface area (Å²) in [5.74, 6) is 1.30. The molecular formula is C20H25NO4S. The highest BCUT2D eigenvalue weighted by Gasteiger charge is 2.18. The third-order valence-corrected chi connectivity index (χ3v) is 4.22. The van der Waals surface area contributed by atoms with E-state index in [1.54, 1.807) is 23.9 Å². The maximum Gasteiger partial charge on any atom is 0.255 e. The normalized spacial score (nSPS) is 10.3. The van der Waals surface area contributed by atoms with Crippen LogP contribution in [0.1, 0.15) is 31.1 Å². The zero-order valence-corrected chi connectivity index (χ0v) is 16.4. The molecule has 2 rings (SSSR count). The van der Waals surface area contributed by atoms with E-state index in [2.05, 4.69) is 5.32 Å². The molecule has 0 radical (unpaired) electrons. The Hall–Kier alpha value is -2.34. The molecule has 0 spiro atoms. The zero-order chi connectivity index (χ0) is 18.9. The lowest BCUT2D eigenvalue weighted by molar-refractivity contribution is 0.102. The van der Waals surface area contributed by atoms with Gasteiger partial charge in [-0.3, -0.25) is 4.79 Å². The lowest BCUT2D eigenvalue weighted by atomic mass is 10.1. The highest BCUT2D eigenvalue weighted by atomic mass is 32.2. The summed E-state index contributed by atoms with van der Waals surface area (Å²) in [7, 11) is 0. The molecule has 6 heteroatoms. The summed E-state index contributed by atoms with van der Waals surface area (Å²) >= 11 is 1.62. The van der Waals surface area contributed by atoms with Crippen LogP contribution in [0.4, 0.5) is 5.69 Å². The molecule has 0 heterocycles. The Balaban J connectivity index is 2.35. The Kier molecular flexibility index (Phi) is 7.66. The van der Waals surface area contributed by atoms with Gasteiger partial charge >= 0.3 is 0 Å². The molecule has 0 atom stereocenters. The average Bonchev–Trinajstić information content (AvgIpc) is 2.64. The summed E-state index contributed by atoms with van der Waals surface area (Å²) in [6, 6.07) is 11.1. The van der Waals surface area contributed by atoms with Crippen LogP contribution >= 0.6 is 11.8 Å². The second-order valence-electron chi connectivity index (χ2n) is 5.29. The molecule has 0 bridgehead atoms. The minimum absolute atomic E-state index is 0.229. The molecule has 0 saturated heterocycles. The molecule has 0 aliphatic heterocycles. The van der Waals surface area contributed by atoms with Gasteiger partial charge in [0.25, 0.3) is 5.91 Å². The van der Waals surface area contributed by atoms with Crippen LogP contribution in [0.5, 0.6) is 17.2 Å². The van der Waals surface area contributed by atoms with Crippen molar-refractivity contribution in [1.29, 1.82) is 0 Å². The maximum atomic E-state index is 12.7. The van der Waals surface area contributed by atoms with E-state index < -0.39 is 0 Å². The minimum atomic E-state index is -0.229. The first-order chi connectivity index (χ1) is 12.6. The number of rotatable bonds is 9. The smallest absolute Gasteiger partial charge is 0.255 e. The van der Waals surface area contributed by atoms with Crippen molar-refractivity contribution in [3.8, 4) is 17.2 Å². The van der Waals surface area contributed by atoms with Crippen molar-refractivity contribution in [1.82, 2.24) is 0 Å². The Morgan fingerprint density at radius 3 is 2.12 bits per heavy atom. The molecule has 140 valence electrons. The third-order valence-electron chi connectivity index (χ3n) is 3.50. The van der Waals surface area contributed by atoms with Gasteiger partial charge in [-0.25, -0.2) is 0 Å². The van der Waals surface area contributed by atoms with E-state index in [1.807, 2.05) is 51.3 Å². The van der Waals surface area contributed by atoms with Gasteiger partial charge in [0.1, 0.15) is 0 Å². The summed E-state index contributed by atoms with van der Waals surface area (Å²) in [6.45, 7) is 7.07. The summed E-state index contributed by atoms with van der Waals surface area (Å²) in [4.78, 5) is 13.8. The maximum absolute atomic E-state index is 12.7. The van der Waals surface area contributed by atoms with E-state index in [1.165, 1.54) is 0 Å². The van der Waals surface area contributed by atoms with Gasteiger partial charge in [0.05, 0.1) is 19.8 Å². The molecule has 0 fully saturated rings. The van der Waals surface area contributed by atoms with E-state index >= 15 is 0 Å². The molecule has 1 N–H and O–H groups in total. The zero-order valence-electron chi connectivity index (χ0n) is 15.6. The van der Waals surface area contributed by atoms with Crippen molar-refractivity contribution in [3.63, 3.8) is 0 Å². The Labute approximate surface area is 159 Å². The molecule has 2 aromatic carbocycles. The van der Waals surface area contributed by atoms with Gasteiger partial charge < -0.3 is 19.5 Å². The number of benzene rings is 2. The van der Waals surface area contributed by atoms with Crippen LogP contribution in [0.3, 0.4) is 0 Å². The SMILES string of the molecule is CCOc1cc(C(=O)Nc2cccc(SC)c2)cc(OCC)c1OCC. The number of hydrogen-bond acceptors (Lipinski definition) is 5. The molecule has 0 aromatic heterocycles. The molecule has 0 aliphatic carbocycles. The highest BCUT2D eigenvalue weighted by Crippen LogP contribution is 2.39. The fraction of sp³-hybridized carbons (Fsp3) is 0.350. The fourth-order valence-corrected chi connectivity index (χ4v) is 2.88. The van der Waals surface area contributed by atoms with Crippen LogP contribution in [0.15, 0.2) is 41.3 Å². The predicted molar refractivity (Wildman–Crippen MR) is 106 cm³/mol. The largest absolute Gasteiger partial charge is 0.490 e. The van der Waals surface area contributed by atoms with Gasteiger partial charge in [-0.1, -0.05) is 6.07 Å². The van der Waals surface area contributed by atoms with Gasteiger partial charge in [-0.2, -0.15) is 0 Å². The Morgan fingerprint density at radius 1 is 0.962 bits per heavy atom. The standard InChI is InChI=1S/C20H25NO4S/c1-5-23-17-11-14(12-18(24-6-2)19(17)25-7-3)20(22)21-15-9-8-10-16(13-15)26-4/h8-13H,5-7H2,1-4H3,(H,21,22). The van der Waals surface area contributed by atoms with Gasteiger partial charge in [0.2, 0.25) is 5.75 Å². The number of nitrogens with one attached hydrogen (secondary N) is 1. The third kappa shape index (κ3) is 5.08. The van der Waals surface area contributed by atoms with Gasteiger partial charge in [-0.05, 0) is 57.4 Å². The van der Waals surface area contributed by atoms with E-state index in [9.17, 15) is 4.79 Å². The molecule has 0 unspecified atom stereocenters. The number of anilines is 1. The first-order valence-electron chi connectivity index (χ1n) is 8.64. The quantitative estimate of drug-likeness (QED) is 0.635. The van der Waals surface area contributed by atoms with E-state index in [-0.39, 0.29) is 5.91 Å². The van der Waals surface area contributed by atoms with E-state index in [0.29, 0.717) is 42.6 Å². The molecule has 26 heavy (non-hydrogen) atoms. The van der Waals surface area contributed by atoms with Gasteiger partial charge in [0.15, 0.2) is 11.5 Å². The first kappa shape index (κ1) is 20.0. The lowest BCUT2D eigenvalue weighted by Gasteiger charge is -2.17. The second kappa shape index (κ2) is 9.97. The summed E-state index contributed by atoms with van der Waals surface area (Å²) in [5, 5.41) is 2.92. The summed E-state index contributed by atoms with van der Waals surface area (Å²) in [5.41, 5.74) is 1.20. The number of carbonyl (C=O) groups excluding carboxylic acids is 1. The number of thioether (sulfide) groups is 1. The number of ether oxygens (including phenoxy) is 3. The van der Waals surface area contributed by atoms with Crippen LogP contribution in [0.2, 0.25) is 0 Å². The molecular weight excluding hydrogens is 350 g/mol. The highest BCUT2D eigenvalue weighted by molar-refractivity contribution is 7.98. The van der Waals surface area contributed by atoms with E-state index in [4.69, 9.17) is 14.2 Å². The van der Waals surface area contributed by atoms with Crippen molar-refractivity contribution < 1.29 is 19.0 Å². The minimum Gasteiger partial charge on any atom is -0.490 e. The Morgan fingerprint density at radius 2 is 1.58 bits per heavy atom. The monoisotopic (exact) mass is 375 g/mol. The molecule has 0 saturated carbocycles. The number of amides is 1. The van der Waals surface area contributed by atoms with Gasteiger partial charge in [-0.15, -0.1) is 11.8 Å². The van der Waals surface area contributed by atoms with Crippen LogP contribution in [-0.4, -0.2) is 32.0 Å². The summed E-state index contributed by atoms with van der Waals surface area (Å²) in [6.07, 6.45) is 2.00. The van der Waals surface area contributed by atoms with Crippen LogP contribution < -0.4 is 19.5 Å². The number of hydrogen-bond donors (Lipinski definition) is 1. The van der Waals surface area contributed by atoms with Crippen molar-refractivity contribution >= 4 is 23.4 Å². The van der Waals surface area contributed by atoms with Crippen LogP contribution in [0.25, 0.3) is 0 Å². The average molecular weight is 375 g/mol. The van der Waals surface area contributed by atoms with Crippen molar-refractivity contribution in [3.05, 3.63) is 42.0 Å². The van der Waals surface area contributed by atoms with Crippen molar-refractivity contribution in [2.24, 2.45) is 0 Å². The van der Waals surface area contributed by atoms with Crippen LogP contribution in [-0.2, 0) is 0 Å². The first-order valence-corrected chi connectivity index (χ1v) is 9.87. The molecule has 0 aliphatic rings. The van der Waals surface area contributed by atoms with Crippen molar-refractivity contribution in [2.75, 3.05) is 31.4 Å². The van der Waals surface area contributed by atoms with E-state index in [0.717, 1.165) is 10.6 Å². The predicted octanol–water partition coefficient (Wildman–Crippen LogP) is 4.86. The number of carbonyl (C=O) groups is 1. The van der Waals surface area contributed by atoms with Crippen molar-refractivity contribution in [2.45, 2.75) is 25.7 Å². The van der Waals surface area contributed by atoms with Gasteiger partial charge in [0, 0.05) is 16.1 Å². The van der Waals surface area contributed by atoms with Crippen LogP contribution in [0, 0.1) is 0 Å².